The van der Waals surface area contributed by atoms with Gasteiger partial charge in [-0.15, -0.1) is 0 Å². The normalized spacial score (nSPS) is 15.3. The van der Waals surface area contributed by atoms with Gasteiger partial charge in [0.25, 0.3) is 0 Å². The van der Waals surface area contributed by atoms with E-state index in [4.69, 9.17) is 0 Å². The van der Waals surface area contributed by atoms with Crippen LogP contribution in [0.2, 0.25) is 0 Å². The first-order chi connectivity index (χ1) is 11.6. The zero-order valence-corrected chi connectivity index (χ0v) is 16.5. The minimum atomic E-state index is -0.0432. The second kappa shape index (κ2) is 4.94. The van der Waals surface area contributed by atoms with Crippen LogP contribution >= 0.6 is 0 Å². The van der Waals surface area contributed by atoms with Crippen molar-refractivity contribution in [2.75, 3.05) is 0 Å². The number of benzene rings is 2. The number of aromatic nitrogens is 1. The Morgan fingerprint density at radius 2 is 1.64 bits per heavy atom. The number of aryl methyl sites for hydroxylation is 2. The van der Waals surface area contributed by atoms with E-state index in [0.717, 1.165) is 0 Å². The second-order valence-electron chi connectivity index (χ2n) is 9.11. The summed E-state index contributed by atoms with van der Waals surface area (Å²) >= 11 is 0. The van der Waals surface area contributed by atoms with Crippen LogP contribution in [0.25, 0.3) is 22.2 Å². The van der Waals surface area contributed by atoms with Crippen LogP contribution in [0.1, 0.15) is 56.9 Å². The summed E-state index contributed by atoms with van der Waals surface area (Å²) in [6.45, 7) is 16.1. The van der Waals surface area contributed by atoms with Gasteiger partial charge in [0.05, 0.1) is 10.9 Å². The van der Waals surface area contributed by atoms with Crippen LogP contribution in [0.4, 0.5) is 0 Å². The molecule has 0 bridgehead atoms. The highest BCUT2D eigenvalue weighted by Gasteiger charge is 2.46. The highest BCUT2D eigenvalue weighted by atomic mass is 15.1. The van der Waals surface area contributed by atoms with Crippen molar-refractivity contribution < 1.29 is 4.57 Å². The summed E-state index contributed by atoms with van der Waals surface area (Å²) in [6, 6.07) is 16.1. The first-order valence-corrected chi connectivity index (χ1v) is 9.23. The maximum absolute atomic E-state index is 2.55. The number of fused-ring (bicyclic) bond motifs is 5. The first kappa shape index (κ1) is 16.3. The predicted molar refractivity (Wildman–Crippen MR) is 106 cm³/mol. The van der Waals surface area contributed by atoms with Gasteiger partial charge in [0.1, 0.15) is 0 Å². The molecule has 0 N–H and O–H groups in total. The molecule has 0 radical (unpaired) electrons. The minimum absolute atomic E-state index is 0.0432. The van der Waals surface area contributed by atoms with E-state index in [2.05, 4.69) is 95.5 Å². The van der Waals surface area contributed by atoms with Gasteiger partial charge in [0.2, 0.25) is 11.2 Å². The van der Waals surface area contributed by atoms with Crippen LogP contribution in [0, 0.1) is 13.8 Å². The van der Waals surface area contributed by atoms with Crippen molar-refractivity contribution in [1.29, 1.82) is 0 Å². The number of nitrogens with zero attached hydrogens (tertiary/aromatic N) is 1. The molecular weight excluding hydrogens is 302 g/mol. The summed E-state index contributed by atoms with van der Waals surface area (Å²) < 4.78 is 2.55. The zero-order chi connectivity index (χ0) is 18.1. The third-order valence-corrected chi connectivity index (χ3v) is 5.71. The molecule has 25 heavy (non-hydrogen) atoms. The van der Waals surface area contributed by atoms with Gasteiger partial charge in [0.15, 0.2) is 5.54 Å². The molecule has 0 saturated heterocycles. The maximum Gasteiger partial charge on any atom is 0.214 e. The van der Waals surface area contributed by atoms with Gasteiger partial charge < -0.3 is 0 Å². The lowest BCUT2D eigenvalue weighted by Crippen LogP contribution is -2.51. The van der Waals surface area contributed by atoms with E-state index < -0.39 is 0 Å². The molecule has 128 valence electrons. The SMILES string of the molecule is Cc1cc(C)c2c(c1)-c1ccc3c(C(C)(C)C)cccc3[n+]1C2(C)C. The summed E-state index contributed by atoms with van der Waals surface area (Å²) in [7, 11) is 0. The summed E-state index contributed by atoms with van der Waals surface area (Å²) in [6.07, 6.45) is 0. The molecule has 2 aromatic carbocycles. The Hall–Kier alpha value is -2.15. The molecule has 0 aliphatic carbocycles. The Labute approximate surface area is 151 Å². The van der Waals surface area contributed by atoms with Crippen molar-refractivity contribution in [2.45, 2.75) is 59.4 Å². The zero-order valence-electron chi connectivity index (χ0n) is 16.5. The molecule has 0 unspecified atom stereocenters. The minimum Gasteiger partial charge on any atom is -0.182 e. The smallest absolute Gasteiger partial charge is 0.182 e. The molecule has 1 nitrogen and oxygen atoms in total. The Bertz CT molecular complexity index is 1020. The van der Waals surface area contributed by atoms with E-state index in [-0.39, 0.29) is 11.0 Å². The summed E-state index contributed by atoms with van der Waals surface area (Å²) in [5, 5.41) is 1.37. The van der Waals surface area contributed by atoms with Crippen molar-refractivity contribution in [1.82, 2.24) is 0 Å². The van der Waals surface area contributed by atoms with Crippen molar-refractivity contribution in [2.24, 2.45) is 0 Å². The quantitative estimate of drug-likeness (QED) is 0.458. The Kier molecular flexibility index (Phi) is 3.23. The van der Waals surface area contributed by atoms with Gasteiger partial charge in [-0.05, 0) is 48.1 Å². The molecular formula is C24H28N+. The molecule has 1 aliphatic rings. The lowest BCUT2D eigenvalue weighted by atomic mass is 9.84. The number of pyridine rings is 1. The maximum atomic E-state index is 2.55. The van der Waals surface area contributed by atoms with Crippen LogP contribution in [-0.4, -0.2) is 0 Å². The van der Waals surface area contributed by atoms with Crippen molar-refractivity contribution in [3.63, 3.8) is 0 Å². The Balaban J connectivity index is 2.14. The Morgan fingerprint density at radius 1 is 0.920 bits per heavy atom. The molecule has 0 amide bonds. The first-order valence-electron chi connectivity index (χ1n) is 9.23. The summed E-state index contributed by atoms with van der Waals surface area (Å²) in [4.78, 5) is 0. The topological polar surface area (TPSA) is 3.88 Å². The van der Waals surface area contributed by atoms with Crippen LogP contribution < -0.4 is 4.57 Å². The fourth-order valence-corrected chi connectivity index (χ4v) is 4.85. The van der Waals surface area contributed by atoms with Crippen LogP contribution in [0.15, 0.2) is 42.5 Å². The van der Waals surface area contributed by atoms with Gasteiger partial charge in [-0.2, -0.15) is 4.57 Å². The van der Waals surface area contributed by atoms with E-state index in [1.165, 1.54) is 44.4 Å². The molecule has 4 rings (SSSR count). The van der Waals surface area contributed by atoms with Crippen LogP contribution in [-0.2, 0) is 11.0 Å². The van der Waals surface area contributed by atoms with Gasteiger partial charge >= 0.3 is 0 Å². The summed E-state index contributed by atoms with van der Waals surface area (Å²) in [5.74, 6) is 0. The fraction of sp³-hybridized carbons (Fsp3) is 0.375. The number of rotatable bonds is 0. The molecule has 3 aromatic rings. The highest BCUT2D eigenvalue weighted by Crippen LogP contribution is 2.42. The largest absolute Gasteiger partial charge is 0.214 e. The fourth-order valence-electron chi connectivity index (χ4n) is 4.85. The van der Waals surface area contributed by atoms with E-state index in [9.17, 15) is 0 Å². The molecule has 0 atom stereocenters. The average Bonchev–Trinajstić information content (AvgIpc) is 2.73. The number of hydrogen-bond acceptors (Lipinski definition) is 0. The van der Waals surface area contributed by atoms with Crippen LogP contribution in [0.3, 0.4) is 0 Å². The Morgan fingerprint density at radius 3 is 2.32 bits per heavy atom. The van der Waals surface area contributed by atoms with E-state index in [1.807, 2.05) is 0 Å². The average molecular weight is 330 g/mol. The molecule has 0 fully saturated rings. The van der Waals surface area contributed by atoms with Gasteiger partial charge in [-0.1, -0.05) is 39.0 Å². The van der Waals surface area contributed by atoms with E-state index in [1.54, 1.807) is 0 Å². The third kappa shape index (κ3) is 2.18. The van der Waals surface area contributed by atoms with Gasteiger partial charge in [0, 0.05) is 31.5 Å². The highest BCUT2D eigenvalue weighted by molar-refractivity contribution is 5.84. The monoisotopic (exact) mass is 330 g/mol. The third-order valence-electron chi connectivity index (χ3n) is 5.71. The van der Waals surface area contributed by atoms with Crippen molar-refractivity contribution in [3.05, 3.63) is 64.7 Å². The van der Waals surface area contributed by atoms with Crippen LogP contribution in [0.5, 0.6) is 0 Å². The van der Waals surface area contributed by atoms with Gasteiger partial charge in [-0.3, -0.25) is 0 Å². The molecule has 0 saturated carbocycles. The molecule has 0 spiro atoms. The van der Waals surface area contributed by atoms with Crippen molar-refractivity contribution >= 4 is 10.9 Å². The predicted octanol–water partition coefficient (Wildman–Crippen LogP) is 5.81. The van der Waals surface area contributed by atoms with Crippen molar-refractivity contribution in [3.8, 4) is 11.3 Å². The molecule has 1 heteroatoms. The standard InChI is InChI=1S/C24H28N/c1-15-13-16(2)22-18(14-15)21-12-11-17-19(23(3,4)5)9-8-10-20(17)25(21)24(22,6)7/h8-14H,1-7H3/q+1. The number of hydrogen-bond donors (Lipinski definition) is 0. The molecule has 1 aromatic heterocycles. The van der Waals surface area contributed by atoms with Gasteiger partial charge in [-0.25, -0.2) is 0 Å². The van der Waals surface area contributed by atoms with E-state index >= 15 is 0 Å². The summed E-state index contributed by atoms with van der Waals surface area (Å²) in [5.41, 5.74) is 9.77. The lowest BCUT2D eigenvalue weighted by Gasteiger charge is -2.22. The van der Waals surface area contributed by atoms with E-state index in [0.29, 0.717) is 0 Å². The lowest BCUT2D eigenvalue weighted by molar-refractivity contribution is -0.707. The molecule has 1 aliphatic heterocycles. The second-order valence-corrected chi connectivity index (χ2v) is 9.11. The molecule has 2 heterocycles.